The van der Waals surface area contributed by atoms with E-state index in [2.05, 4.69) is 15.4 Å². The summed E-state index contributed by atoms with van der Waals surface area (Å²) in [5.74, 6) is -0.0635. The van der Waals surface area contributed by atoms with Crippen LogP contribution in [0.2, 0.25) is 0 Å². The van der Waals surface area contributed by atoms with Crippen LogP contribution in [0.5, 0.6) is 0 Å². The van der Waals surface area contributed by atoms with Crippen LogP contribution in [0.3, 0.4) is 0 Å². The van der Waals surface area contributed by atoms with Crippen molar-refractivity contribution >= 4 is 11.6 Å². The Morgan fingerprint density at radius 1 is 1.44 bits per heavy atom. The molecule has 1 N–H and O–H groups in total. The van der Waals surface area contributed by atoms with Gasteiger partial charge < -0.3 is 10.2 Å². The summed E-state index contributed by atoms with van der Waals surface area (Å²) in [5.41, 5.74) is 3.51. The minimum absolute atomic E-state index is 0.0635. The summed E-state index contributed by atoms with van der Waals surface area (Å²) < 4.78 is 1.80. The van der Waals surface area contributed by atoms with Gasteiger partial charge in [-0.25, -0.2) is 9.50 Å². The van der Waals surface area contributed by atoms with E-state index < -0.39 is 0 Å². The number of rotatable bonds is 1. The fourth-order valence-electron chi connectivity index (χ4n) is 2.25. The lowest BCUT2D eigenvalue weighted by molar-refractivity contribution is 0.0829. The Bertz CT molecular complexity index is 616. The first-order valence-electron chi connectivity index (χ1n) is 5.95. The van der Waals surface area contributed by atoms with E-state index in [0.717, 1.165) is 30.8 Å². The Morgan fingerprint density at radius 2 is 2.28 bits per heavy atom. The molecule has 2 aromatic heterocycles. The van der Waals surface area contributed by atoms with Crippen LogP contribution in [0.25, 0.3) is 5.65 Å². The van der Waals surface area contributed by atoms with Gasteiger partial charge in [-0.1, -0.05) is 0 Å². The van der Waals surface area contributed by atoms with E-state index in [0.29, 0.717) is 11.2 Å². The number of nitrogens with zero attached hydrogens (tertiary/aromatic N) is 4. The molecule has 0 saturated carbocycles. The van der Waals surface area contributed by atoms with Crippen LogP contribution in [-0.4, -0.2) is 46.0 Å². The van der Waals surface area contributed by atoms with Crippen molar-refractivity contribution < 1.29 is 4.79 Å². The molecule has 0 aromatic carbocycles. The van der Waals surface area contributed by atoms with Gasteiger partial charge in [0.2, 0.25) is 0 Å². The molecule has 0 atom stereocenters. The van der Waals surface area contributed by atoms with Gasteiger partial charge in [-0.15, -0.1) is 0 Å². The fraction of sp³-hybridized carbons (Fsp3) is 0.417. The number of carbonyl (C=O) groups excluding carboxylic acids is 1. The average molecular weight is 245 g/mol. The van der Waals surface area contributed by atoms with E-state index in [1.807, 2.05) is 6.20 Å². The molecule has 1 amide bonds. The Kier molecular flexibility index (Phi) is 2.52. The number of fused-ring (bicyclic) bond motifs is 3. The number of hydrogen-bond acceptors (Lipinski definition) is 4. The molecule has 6 nitrogen and oxygen atoms in total. The first-order valence-corrected chi connectivity index (χ1v) is 5.95. The van der Waals surface area contributed by atoms with Crippen molar-refractivity contribution in [2.24, 2.45) is 0 Å². The van der Waals surface area contributed by atoms with Gasteiger partial charge in [-0.3, -0.25) is 4.79 Å². The minimum Gasteiger partial charge on any atom is -0.345 e. The molecule has 0 saturated heterocycles. The van der Waals surface area contributed by atoms with Crippen LogP contribution in [0.15, 0.2) is 12.4 Å². The molecule has 0 spiro atoms. The van der Waals surface area contributed by atoms with Crippen molar-refractivity contribution in [3.05, 3.63) is 29.2 Å². The maximum atomic E-state index is 12.0. The molecule has 2 aromatic rings. The molecule has 0 bridgehead atoms. The summed E-state index contributed by atoms with van der Waals surface area (Å²) >= 11 is 0. The molecule has 3 rings (SSSR count). The van der Waals surface area contributed by atoms with Crippen molar-refractivity contribution in [2.45, 2.75) is 13.0 Å². The molecule has 0 aliphatic carbocycles. The predicted octanol–water partition coefficient (Wildman–Crippen LogP) is 0.0768. The summed E-state index contributed by atoms with van der Waals surface area (Å²) in [6.07, 6.45) is 4.35. The third kappa shape index (κ3) is 1.57. The minimum atomic E-state index is -0.0635. The van der Waals surface area contributed by atoms with Gasteiger partial charge >= 0.3 is 0 Å². The van der Waals surface area contributed by atoms with Crippen LogP contribution in [-0.2, 0) is 13.0 Å². The maximum Gasteiger partial charge on any atom is 0.258 e. The number of carbonyl (C=O) groups is 1. The quantitative estimate of drug-likeness (QED) is 0.772. The zero-order valence-electron chi connectivity index (χ0n) is 10.5. The first kappa shape index (κ1) is 11.2. The predicted molar refractivity (Wildman–Crippen MR) is 66.4 cm³/mol. The average Bonchev–Trinajstić information content (AvgIpc) is 2.81. The van der Waals surface area contributed by atoms with Crippen LogP contribution in [0, 0.1) is 0 Å². The molecule has 94 valence electrons. The molecule has 18 heavy (non-hydrogen) atoms. The highest BCUT2D eigenvalue weighted by molar-refractivity contribution is 5.99. The zero-order valence-corrected chi connectivity index (χ0v) is 10.5. The molecular weight excluding hydrogens is 230 g/mol. The van der Waals surface area contributed by atoms with Crippen molar-refractivity contribution in [1.82, 2.24) is 24.8 Å². The van der Waals surface area contributed by atoms with E-state index in [4.69, 9.17) is 0 Å². The summed E-state index contributed by atoms with van der Waals surface area (Å²) in [4.78, 5) is 17.9. The highest BCUT2D eigenvalue weighted by atomic mass is 16.2. The fourth-order valence-corrected chi connectivity index (χ4v) is 2.25. The highest BCUT2D eigenvalue weighted by Gasteiger charge is 2.20. The third-order valence-corrected chi connectivity index (χ3v) is 3.20. The van der Waals surface area contributed by atoms with Gasteiger partial charge in [0.05, 0.1) is 11.9 Å². The number of nitrogens with one attached hydrogen (secondary N) is 1. The standard InChI is InChI=1S/C12H15N5O/c1-16(2)12(18)9-7-15-17-10-3-4-13-5-8(10)6-14-11(9)17/h6-7,13H,3-5H2,1-2H3. The second-order valence-corrected chi connectivity index (χ2v) is 4.65. The smallest absolute Gasteiger partial charge is 0.258 e. The second-order valence-electron chi connectivity index (χ2n) is 4.65. The molecule has 1 aliphatic rings. The zero-order chi connectivity index (χ0) is 12.7. The molecule has 1 aliphatic heterocycles. The summed E-state index contributed by atoms with van der Waals surface area (Å²) in [7, 11) is 3.46. The van der Waals surface area contributed by atoms with Crippen LogP contribution >= 0.6 is 0 Å². The molecule has 0 fully saturated rings. The van der Waals surface area contributed by atoms with E-state index in [-0.39, 0.29) is 5.91 Å². The van der Waals surface area contributed by atoms with Crippen molar-refractivity contribution in [1.29, 1.82) is 0 Å². The van der Waals surface area contributed by atoms with Gasteiger partial charge in [0, 0.05) is 45.4 Å². The van der Waals surface area contributed by atoms with E-state index in [1.165, 1.54) is 0 Å². The van der Waals surface area contributed by atoms with Crippen LogP contribution in [0.4, 0.5) is 0 Å². The molecule has 0 radical (unpaired) electrons. The monoisotopic (exact) mass is 245 g/mol. The Labute approximate surface area is 105 Å². The van der Waals surface area contributed by atoms with Crippen LogP contribution < -0.4 is 5.32 Å². The third-order valence-electron chi connectivity index (χ3n) is 3.20. The largest absolute Gasteiger partial charge is 0.345 e. The summed E-state index contributed by atoms with van der Waals surface area (Å²) in [6.45, 7) is 1.75. The Morgan fingerprint density at radius 3 is 3.06 bits per heavy atom. The molecule has 6 heteroatoms. The molecule has 3 heterocycles. The van der Waals surface area contributed by atoms with Gasteiger partial charge in [0.15, 0.2) is 5.65 Å². The number of amides is 1. The van der Waals surface area contributed by atoms with E-state index in [1.54, 1.807) is 29.7 Å². The SMILES string of the molecule is CN(C)C(=O)c1cnn2c3c(cnc12)CNCC3. The summed E-state index contributed by atoms with van der Waals surface area (Å²) in [6, 6.07) is 0. The van der Waals surface area contributed by atoms with E-state index in [9.17, 15) is 4.79 Å². The lowest BCUT2D eigenvalue weighted by atomic mass is 10.1. The Hall–Kier alpha value is -1.95. The van der Waals surface area contributed by atoms with Crippen molar-refractivity contribution in [2.75, 3.05) is 20.6 Å². The van der Waals surface area contributed by atoms with Gasteiger partial charge in [0.25, 0.3) is 5.91 Å². The van der Waals surface area contributed by atoms with Gasteiger partial charge in [0.1, 0.15) is 5.56 Å². The van der Waals surface area contributed by atoms with Gasteiger partial charge in [-0.05, 0) is 0 Å². The highest BCUT2D eigenvalue weighted by Crippen LogP contribution is 2.17. The normalized spacial score (nSPS) is 14.6. The number of hydrogen-bond donors (Lipinski definition) is 1. The number of aromatic nitrogens is 3. The summed E-state index contributed by atoms with van der Waals surface area (Å²) in [5, 5.41) is 7.61. The first-order chi connectivity index (χ1) is 8.68. The Balaban J connectivity index is 2.18. The second kappa shape index (κ2) is 4.06. The van der Waals surface area contributed by atoms with E-state index >= 15 is 0 Å². The van der Waals surface area contributed by atoms with Crippen molar-refractivity contribution in [3.63, 3.8) is 0 Å². The topological polar surface area (TPSA) is 62.5 Å². The molecule has 0 unspecified atom stereocenters. The van der Waals surface area contributed by atoms with Gasteiger partial charge in [-0.2, -0.15) is 5.10 Å². The molecular formula is C12H15N5O. The lowest BCUT2D eigenvalue weighted by Gasteiger charge is -2.17. The van der Waals surface area contributed by atoms with Crippen molar-refractivity contribution in [3.8, 4) is 0 Å². The lowest BCUT2D eigenvalue weighted by Crippen LogP contribution is -2.26. The maximum absolute atomic E-state index is 12.0. The van der Waals surface area contributed by atoms with Crippen LogP contribution in [0.1, 0.15) is 21.6 Å².